The van der Waals surface area contributed by atoms with Crippen LogP contribution in [-0.2, 0) is 9.31 Å². The quantitative estimate of drug-likeness (QED) is 0.801. The van der Waals surface area contributed by atoms with Crippen LogP contribution in [0.15, 0.2) is 18.2 Å². The van der Waals surface area contributed by atoms with Crippen LogP contribution < -0.4 is 10.2 Å². The van der Waals surface area contributed by atoms with Crippen LogP contribution in [0.2, 0.25) is 0 Å². The second-order valence-corrected chi connectivity index (χ2v) is 5.97. The number of halogens is 3. The van der Waals surface area contributed by atoms with E-state index in [-0.39, 0.29) is 11.2 Å². The van der Waals surface area contributed by atoms with Crippen LogP contribution in [0.3, 0.4) is 0 Å². The van der Waals surface area contributed by atoms with Crippen LogP contribution in [0.5, 0.6) is 5.75 Å². The highest BCUT2D eigenvalue weighted by Gasteiger charge is 2.52. The van der Waals surface area contributed by atoms with Crippen molar-refractivity contribution in [2.75, 3.05) is 6.61 Å². The molecule has 116 valence electrons. The number of rotatable bonds is 4. The Labute approximate surface area is 122 Å². The minimum atomic E-state index is -2.60. The molecule has 0 N–H and O–H groups in total. The fourth-order valence-corrected chi connectivity index (χ4v) is 1.92. The van der Waals surface area contributed by atoms with Crippen LogP contribution in [-0.4, -0.2) is 31.4 Å². The van der Waals surface area contributed by atoms with Gasteiger partial charge in [-0.3, -0.25) is 0 Å². The van der Waals surface area contributed by atoms with Crippen LogP contribution >= 0.6 is 0 Å². The predicted molar refractivity (Wildman–Crippen MR) is 73.6 cm³/mol. The number of hydrogen-bond acceptors (Lipinski definition) is 3. The summed E-state index contributed by atoms with van der Waals surface area (Å²) in [6.07, 6.45) is -2.60. The molecule has 1 aromatic carbocycles. The lowest BCUT2D eigenvalue weighted by molar-refractivity contribution is 0.00578. The smallest absolute Gasteiger partial charge is 0.488 e. The Balaban J connectivity index is 2.15. The second-order valence-electron chi connectivity index (χ2n) is 5.97. The van der Waals surface area contributed by atoms with Gasteiger partial charge in [0.2, 0.25) is 0 Å². The first-order valence-corrected chi connectivity index (χ1v) is 6.68. The van der Waals surface area contributed by atoms with Crippen LogP contribution in [0.4, 0.5) is 13.2 Å². The zero-order valence-corrected chi connectivity index (χ0v) is 12.5. The number of ether oxygens (including phenoxy) is 1. The van der Waals surface area contributed by atoms with Gasteiger partial charge in [-0.2, -0.15) is 0 Å². The van der Waals surface area contributed by atoms with Crippen molar-refractivity contribution in [3.05, 3.63) is 24.0 Å². The highest BCUT2D eigenvalue weighted by molar-refractivity contribution is 6.62. The first-order valence-electron chi connectivity index (χ1n) is 6.68. The average Bonchev–Trinajstić information content (AvgIpc) is 2.55. The van der Waals surface area contributed by atoms with Crippen LogP contribution in [0, 0.1) is 5.82 Å². The first kappa shape index (κ1) is 16.2. The molecular formula is C14H18BF3O3. The summed E-state index contributed by atoms with van der Waals surface area (Å²) >= 11 is 0. The van der Waals surface area contributed by atoms with Crippen LogP contribution in [0.1, 0.15) is 27.7 Å². The van der Waals surface area contributed by atoms with E-state index in [1.807, 2.05) is 27.7 Å². The largest absolute Gasteiger partial charge is 0.497 e. The standard InChI is InChI=1S/C14H18BF3O3/c1-13(2)14(3,4)21-15(20-13)10-6-5-9(7-11(10)16)19-8-12(17)18/h5-7,12H,8H2,1-4H3. The topological polar surface area (TPSA) is 27.7 Å². The van der Waals surface area contributed by atoms with Crippen molar-refractivity contribution < 1.29 is 27.2 Å². The average molecular weight is 302 g/mol. The van der Waals surface area contributed by atoms with Crippen molar-refractivity contribution in [1.29, 1.82) is 0 Å². The van der Waals surface area contributed by atoms with Gasteiger partial charge >= 0.3 is 7.12 Å². The van der Waals surface area contributed by atoms with Gasteiger partial charge in [-0.15, -0.1) is 0 Å². The molecule has 0 bridgehead atoms. The van der Waals surface area contributed by atoms with Crippen molar-refractivity contribution in [3.8, 4) is 5.75 Å². The molecule has 7 heteroatoms. The van der Waals surface area contributed by atoms with Crippen molar-refractivity contribution in [2.24, 2.45) is 0 Å². The molecule has 0 aromatic heterocycles. The van der Waals surface area contributed by atoms with E-state index in [1.54, 1.807) is 0 Å². The molecule has 0 saturated carbocycles. The molecule has 1 saturated heterocycles. The monoisotopic (exact) mass is 302 g/mol. The lowest BCUT2D eigenvalue weighted by Crippen LogP contribution is -2.41. The fourth-order valence-electron chi connectivity index (χ4n) is 1.92. The van der Waals surface area contributed by atoms with Gasteiger partial charge in [0.1, 0.15) is 18.2 Å². The molecule has 1 aliphatic rings. The van der Waals surface area contributed by atoms with E-state index in [4.69, 9.17) is 14.0 Å². The summed E-state index contributed by atoms with van der Waals surface area (Å²) in [6.45, 7) is 6.70. The predicted octanol–water partition coefficient (Wildman–Crippen LogP) is 2.77. The molecule has 0 radical (unpaired) electrons. The van der Waals surface area contributed by atoms with Crippen molar-refractivity contribution in [3.63, 3.8) is 0 Å². The van der Waals surface area contributed by atoms with Gasteiger partial charge in [-0.05, 0) is 33.8 Å². The summed E-state index contributed by atoms with van der Waals surface area (Å²) in [5, 5.41) is 0. The lowest BCUT2D eigenvalue weighted by atomic mass is 9.78. The molecule has 1 aromatic rings. The minimum absolute atomic E-state index is 0.0491. The van der Waals surface area contributed by atoms with E-state index < -0.39 is 37.2 Å². The van der Waals surface area contributed by atoms with E-state index >= 15 is 0 Å². The Kier molecular flexibility index (Phi) is 4.26. The van der Waals surface area contributed by atoms with Gasteiger partial charge in [-0.1, -0.05) is 6.07 Å². The normalized spacial score (nSPS) is 20.1. The fraction of sp³-hybridized carbons (Fsp3) is 0.571. The zero-order chi connectivity index (χ0) is 15.8. The summed E-state index contributed by atoms with van der Waals surface area (Å²) in [6, 6.07) is 3.91. The molecule has 0 aliphatic carbocycles. The molecule has 0 spiro atoms. The minimum Gasteiger partial charge on any atom is -0.488 e. The second kappa shape index (κ2) is 5.53. The van der Waals surface area contributed by atoms with Gasteiger partial charge in [0, 0.05) is 11.5 Å². The number of alkyl halides is 2. The molecule has 0 amide bonds. The third-order valence-electron chi connectivity index (χ3n) is 3.86. The van der Waals surface area contributed by atoms with E-state index in [2.05, 4.69) is 0 Å². The molecule has 1 aliphatic heterocycles. The molecule has 0 unspecified atom stereocenters. The summed E-state index contributed by atoms with van der Waals surface area (Å²) in [5.74, 6) is -0.562. The third kappa shape index (κ3) is 3.35. The number of benzene rings is 1. The molecule has 21 heavy (non-hydrogen) atoms. The molecule has 1 heterocycles. The first-order chi connectivity index (χ1) is 9.62. The molecule has 1 fully saturated rings. The Bertz CT molecular complexity index is 504. The SMILES string of the molecule is CC1(C)OB(c2ccc(OCC(F)F)cc2F)OC1(C)C. The van der Waals surface area contributed by atoms with E-state index in [9.17, 15) is 13.2 Å². The highest BCUT2D eigenvalue weighted by Crippen LogP contribution is 2.36. The Morgan fingerprint density at radius 1 is 1.14 bits per heavy atom. The lowest BCUT2D eigenvalue weighted by Gasteiger charge is -2.32. The maximum atomic E-state index is 14.1. The van der Waals surface area contributed by atoms with E-state index in [0.29, 0.717) is 0 Å². The van der Waals surface area contributed by atoms with Crippen molar-refractivity contribution >= 4 is 12.6 Å². The molecule has 0 atom stereocenters. The third-order valence-corrected chi connectivity index (χ3v) is 3.86. The summed E-state index contributed by atoms with van der Waals surface area (Å²) in [7, 11) is -0.834. The Morgan fingerprint density at radius 3 is 2.19 bits per heavy atom. The Hall–Kier alpha value is -1.21. The van der Waals surface area contributed by atoms with Gasteiger partial charge in [-0.25, -0.2) is 13.2 Å². The molecule has 2 rings (SSSR count). The van der Waals surface area contributed by atoms with Gasteiger partial charge in [0.05, 0.1) is 11.2 Å². The maximum absolute atomic E-state index is 14.1. The molecular weight excluding hydrogens is 284 g/mol. The summed E-state index contributed by atoms with van der Waals surface area (Å²) < 4.78 is 54.5. The summed E-state index contributed by atoms with van der Waals surface area (Å²) in [5.41, 5.74) is -0.928. The van der Waals surface area contributed by atoms with Gasteiger partial charge in [0.25, 0.3) is 6.43 Å². The summed E-state index contributed by atoms with van der Waals surface area (Å²) in [4.78, 5) is 0. The zero-order valence-electron chi connectivity index (χ0n) is 12.5. The molecule has 3 nitrogen and oxygen atoms in total. The van der Waals surface area contributed by atoms with Gasteiger partial charge in [0.15, 0.2) is 0 Å². The van der Waals surface area contributed by atoms with Crippen LogP contribution in [0.25, 0.3) is 0 Å². The van der Waals surface area contributed by atoms with E-state index in [1.165, 1.54) is 12.1 Å². The van der Waals surface area contributed by atoms with E-state index in [0.717, 1.165) is 6.07 Å². The highest BCUT2D eigenvalue weighted by atomic mass is 19.3. The van der Waals surface area contributed by atoms with Crippen molar-refractivity contribution in [2.45, 2.75) is 45.3 Å². The van der Waals surface area contributed by atoms with Crippen molar-refractivity contribution in [1.82, 2.24) is 0 Å². The maximum Gasteiger partial charge on any atom is 0.497 e. The number of hydrogen-bond donors (Lipinski definition) is 0. The van der Waals surface area contributed by atoms with Gasteiger partial charge < -0.3 is 14.0 Å². The Morgan fingerprint density at radius 2 is 1.71 bits per heavy atom.